The van der Waals surface area contributed by atoms with Gasteiger partial charge in [-0.2, -0.15) is 10.2 Å². The molecule has 16 heavy (non-hydrogen) atoms. The van der Waals surface area contributed by atoms with E-state index in [1.54, 1.807) is 0 Å². The van der Waals surface area contributed by atoms with Gasteiger partial charge in [-0.1, -0.05) is 0 Å². The van der Waals surface area contributed by atoms with Crippen LogP contribution in [0.5, 0.6) is 0 Å². The Kier molecular flexibility index (Phi) is 2.23. The minimum atomic E-state index is -3.52. The Morgan fingerprint density at radius 2 is 2.00 bits per heavy atom. The lowest BCUT2D eigenvalue weighted by molar-refractivity contribution is -0.384. The highest BCUT2D eigenvalue weighted by Crippen LogP contribution is 2.39. The first kappa shape index (κ1) is 10.7. The lowest BCUT2D eigenvalue weighted by atomic mass is 10.2. The summed E-state index contributed by atoms with van der Waals surface area (Å²) in [5.74, 6) is 0. The first-order valence-electron chi connectivity index (χ1n) is 4.17. The molecule has 2 rings (SSSR count). The molecule has 0 atom stereocenters. The summed E-state index contributed by atoms with van der Waals surface area (Å²) in [6.07, 6.45) is 0.981. The highest BCUT2D eigenvalue weighted by molar-refractivity contribution is 7.93. The van der Waals surface area contributed by atoms with Gasteiger partial charge in [-0.3, -0.25) is 10.1 Å². The number of sulfone groups is 1. The molecular weight excluding hydrogens is 234 g/mol. The monoisotopic (exact) mass is 240 g/mol. The summed E-state index contributed by atoms with van der Waals surface area (Å²) < 4.78 is 22.6. The third-order valence-electron chi connectivity index (χ3n) is 2.02. The van der Waals surface area contributed by atoms with Crippen LogP contribution in [0.4, 0.5) is 11.4 Å². The summed E-state index contributed by atoms with van der Waals surface area (Å²) in [6, 6.07) is 3.78. The molecule has 0 N–H and O–H groups in total. The van der Waals surface area contributed by atoms with Crippen molar-refractivity contribution in [3.63, 3.8) is 0 Å². The Bertz CT molecular complexity index is 593. The van der Waals surface area contributed by atoms with Gasteiger partial charge in [0.1, 0.15) is 0 Å². The number of nitro benzene ring substituents is 1. The Morgan fingerprint density at radius 1 is 1.31 bits per heavy atom. The number of benzene rings is 1. The summed E-state index contributed by atoms with van der Waals surface area (Å²) in [7, 11) is -3.52. The van der Waals surface area contributed by atoms with Crippen molar-refractivity contribution in [2.75, 3.05) is 6.26 Å². The van der Waals surface area contributed by atoms with Gasteiger partial charge in [0, 0.05) is 24.0 Å². The van der Waals surface area contributed by atoms with Crippen molar-refractivity contribution in [2.24, 2.45) is 10.2 Å². The molecule has 7 nitrogen and oxygen atoms in total. The smallest absolute Gasteiger partial charge is 0.258 e. The number of non-ortho nitro benzene ring substituents is 1. The van der Waals surface area contributed by atoms with Crippen LogP contribution < -0.4 is 0 Å². The lowest BCUT2D eigenvalue weighted by Crippen LogP contribution is -2.07. The van der Waals surface area contributed by atoms with Crippen molar-refractivity contribution >= 4 is 21.2 Å². The van der Waals surface area contributed by atoms with Crippen molar-refractivity contribution < 1.29 is 13.3 Å². The Hall–Kier alpha value is -1.83. The van der Waals surface area contributed by atoms with Crippen LogP contribution in [0.15, 0.2) is 28.4 Å². The van der Waals surface area contributed by atoms with Crippen LogP contribution in [0, 0.1) is 15.5 Å². The zero-order valence-corrected chi connectivity index (χ0v) is 8.93. The van der Waals surface area contributed by atoms with Crippen LogP contribution in [0.25, 0.3) is 0 Å². The summed E-state index contributed by atoms with van der Waals surface area (Å²) in [5, 5.41) is 17.5. The van der Waals surface area contributed by atoms with Crippen molar-refractivity contribution in [1.82, 2.24) is 0 Å². The van der Waals surface area contributed by atoms with Gasteiger partial charge in [0.15, 0.2) is 9.84 Å². The van der Waals surface area contributed by atoms with Gasteiger partial charge in [-0.05, 0) is 6.07 Å². The number of nitro groups is 1. The highest BCUT2D eigenvalue weighted by Gasteiger charge is 2.32. The van der Waals surface area contributed by atoms with E-state index in [0.29, 0.717) is 5.69 Å². The number of fused-ring (bicyclic) bond motifs is 1. The standard InChI is InChI=1S/C8H6N3O4S/c1-16(14,15)8-6-4-5(11(12)13)2-3-7(6)9-10-8/h2-4H,1H3. The van der Waals surface area contributed by atoms with Crippen molar-refractivity contribution in [2.45, 2.75) is 0 Å². The molecular formula is C8H6N3O4S. The predicted octanol–water partition coefficient (Wildman–Crippen LogP) is 1.57. The van der Waals surface area contributed by atoms with E-state index >= 15 is 0 Å². The van der Waals surface area contributed by atoms with Gasteiger partial charge in [0.2, 0.25) is 0 Å². The topological polar surface area (TPSA) is 102 Å². The fraction of sp³-hybridized carbons (Fsp3) is 0.125. The molecule has 1 aliphatic heterocycles. The van der Waals surface area contributed by atoms with Crippen LogP contribution in [-0.4, -0.2) is 19.6 Å². The first-order valence-corrected chi connectivity index (χ1v) is 6.06. The quantitative estimate of drug-likeness (QED) is 0.578. The van der Waals surface area contributed by atoms with Crippen LogP contribution in [-0.2, 0) is 9.84 Å². The third-order valence-corrected chi connectivity index (χ3v) is 3.03. The van der Waals surface area contributed by atoms with E-state index in [4.69, 9.17) is 0 Å². The Labute approximate surface area is 90.9 Å². The number of nitrogens with zero attached hydrogens (tertiary/aromatic N) is 3. The molecule has 1 radical (unpaired) electrons. The second-order valence-electron chi connectivity index (χ2n) is 3.24. The number of hydrogen-bond acceptors (Lipinski definition) is 6. The molecule has 0 bridgehead atoms. The number of rotatable bonds is 2. The molecule has 1 heterocycles. The van der Waals surface area contributed by atoms with E-state index in [0.717, 1.165) is 12.3 Å². The van der Waals surface area contributed by atoms with Crippen LogP contribution >= 0.6 is 0 Å². The van der Waals surface area contributed by atoms with Crippen LogP contribution in [0.1, 0.15) is 5.56 Å². The predicted molar refractivity (Wildman–Crippen MR) is 54.8 cm³/mol. The van der Waals surface area contributed by atoms with Gasteiger partial charge < -0.3 is 0 Å². The van der Waals surface area contributed by atoms with E-state index in [9.17, 15) is 18.5 Å². The number of hydrogen-bond donors (Lipinski definition) is 0. The van der Waals surface area contributed by atoms with Crippen LogP contribution in [0.3, 0.4) is 0 Å². The molecule has 1 aromatic rings. The van der Waals surface area contributed by atoms with Crippen molar-refractivity contribution in [3.05, 3.63) is 39.3 Å². The SMILES string of the molecule is CS(=O)(=O)[C]1N=Nc2ccc([N+](=O)[O-])cc21. The van der Waals surface area contributed by atoms with E-state index in [2.05, 4.69) is 10.2 Å². The van der Waals surface area contributed by atoms with Gasteiger partial charge in [0.05, 0.1) is 10.6 Å². The molecule has 0 saturated heterocycles. The third kappa shape index (κ3) is 1.67. The fourth-order valence-corrected chi connectivity index (χ4v) is 2.08. The second kappa shape index (κ2) is 3.34. The van der Waals surface area contributed by atoms with Gasteiger partial charge >= 0.3 is 0 Å². The fourth-order valence-electron chi connectivity index (χ4n) is 1.32. The summed E-state index contributed by atoms with van der Waals surface area (Å²) >= 11 is 0. The van der Waals surface area contributed by atoms with Crippen molar-refractivity contribution in [3.8, 4) is 0 Å². The summed E-state index contributed by atoms with van der Waals surface area (Å²) in [4.78, 5) is 9.94. The average Bonchev–Trinajstić information content (AvgIpc) is 2.58. The molecule has 83 valence electrons. The zero-order valence-electron chi connectivity index (χ0n) is 8.11. The zero-order chi connectivity index (χ0) is 11.9. The normalized spacial score (nSPS) is 15.1. The molecule has 1 aliphatic rings. The van der Waals surface area contributed by atoms with Crippen LogP contribution in [0.2, 0.25) is 0 Å². The second-order valence-corrected chi connectivity index (χ2v) is 5.17. The van der Waals surface area contributed by atoms with E-state index < -0.39 is 14.8 Å². The maximum absolute atomic E-state index is 11.3. The Morgan fingerprint density at radius 3 is 2.56 bits per heavy atom. The first-order chi connectivity index (χ1) is 7.39. The highest BCUT2D eigenvalue weighted by atomic mass is 32.2. The van der Waals surface area contributed by atoms with E-state index in [1.165, 1.54) is 12.1 Å². The molecule has 1 aromatic carbocycles. The summed E-state index contributed by atoms with van der Waals surface area (Å²) in [6.45, 7) is 0. The molecule has 0 spiro atoms. The number of azo groups is 1. The summed E-state index contributed by atoms with van der Waals surface area (Å²) in [5.41, 5.74) is 0.315. The maximum Gasteiger partial charge on any atom is 0.269 e. The van der Waals surface area contributed by atoms with Gasteiger partial charge in [-0.15, -0.1) is 0 Å². The van der Waals surface area contributed by atoms with Crippen molar-refractivity contribution in [1.29, 1.82) is 0 Å². The molecule has 0 saturated carbocycles. The largest absolute Gasteiger partial charge is 0.269 e. The van der Waals surface area contributed by atoms with Gasteiger partial charge in [-0.25, -0.2) is 8.42 Å². The minimum absolute atomic E-state index is 0.178. The lowest BCUT2D eigenvalue weighted by Gasteiger charge is -2.02. The molecule has 0 amide bonds. The minimum Gasteiger partial charge on any atom is -0.258 e. The molecule has 0 unspecified atom stereocenters. The van der Waals surface area contributed by atoms with E-state index in [-0.39, 0.29) is 16.6 Å². The average molecular weight is 240 g/mol. The Balaban J connectivity index is 2.57. The molecule has 0 fully saturated rings. The molecule has 8 heteroatoms. The molecule has 0 aliphatic carbocycles. The maximum atomic E-state index is 11.3. The molecule has 0 aromatic heterocycles. The van der Waals surface area contributed by atoms with E-state index in [1.807, 2.05) is 0 Å². The van der Waals surface area contributed by atoms with Gasteiger partial charge in [0.25, 0.3) is 11.1 Å².